The first-order chi connectivity index (χ1) is 15.2. The van der Waals surface area contributed by atoms with E-state index in [9.17, 15) is 19.2 Å². The summed E-state index contributed by atoms with van der Waals surface area (Å²) < 4.78 is 1.29. The van der Waals surface area contributed by atoms with Crippen LogP contribution in [0.2, 0.25) is 0 Å². The SMILES string of the molecule is CCCCN(C(=O)CSc1nc(CCC)cc(=O)[nH]1)c1c(N)n(CC(C)C)c(=O)[nH]c1=O. The van der Waals surface area contributed by atoms with E-state index < -0.39 is 11.2 Å². The molecule has 11 heteroatoms. The third-order valence-corrected chi connectivity index (χ3v) is 5.54. The van der Waals surface area contributed by atoms with E-state index in [4.69, 9.17) is 5.73 Å². The fourth-order valence-corrected chi connectivity index (χ4v) is 3.98. The highest BCUT2D eigenvalue weighted by Gasteiger charge is 2.24. The highest BCUT2D eigenvalue weighted by molar-refractivity contribution is 7.99. The third-order valence-electron chi connectivity index (χ3n) is 4.68. The summed E-state index contributed by atoms with van der Waals surface area (Å²) in [4.78, 5) is 60.5. The molecule has 0 aliphatic heterocycles. The monoisotopic (exact) mass is 464 g/mol. The van der Waals surface area contributed by atoms with Crippen LogP contribution in [0.25, 0.3) is 0 Å². The second-order valence-corrected chi connectivity index (χ2v) is 8.94. The van der Waals surface area contributed by atoms with Crippen LogP contribution in [0.3, 0.4) is 0 Å². The average Bonchev–Trinajstić information content (AvgIpc) is 2.71. The molecule has 176 valence electrons. The second kappa shape index (κ2) is 11.7. The number of rotatable bonds is 11. The Balaban J connectivity index is 2.36. The van der Waals surface area contributed by atoms with E-state index >= 15 is 0 Å². The number of amides is 1. The number of hydrogen-bond acceptors (Lipinski definition) is 7. The van der Waals surface area contributed by atoms with Gasteiger partial charge < -0.3 is 15.6 Å². The van der Waals surface area contributed by atoms with Gasteiger partial charge in [0.1, 0.15) is 5.82 Å². The Bertz CT molecular complexity index is 1100. The molecule has 2 heterocycles. The molecule has 0 fully saturated rings. The van der Waals surface area contributed by atoms with Crippen molar-refractivity contribution in [1.82, 2.24) is 19.5 Å². The van der Waals surface area contributed by atoms with Gasteiger partial charge in [0.2, 0.25) is 5.91 Å². The Morgan fingerprint density at radius 3 is 2.56 bits per heavy atom. The number of aromatic amines is 2. The maximum atomic E-state index is 13.1. The summed E-state index contributed by atoms with van der Waals surface area (Å²) in [6.45, 7) is 8.41. The standard InChI is InChI=1S/C21H32N6O4S/c1-5-7-9-26(17-18(22)27(11-13(3)4)21(31)25-19(17)30)16(29)12-32-20-23-14(8-6-2)10-15(28)24-20/h10,13H,5-9,11-12,22H2,1-4H3,(H,23,24,28)(H,25,30,31). The summed E-state index contributed by atoms with van der Waals surface area (Å²) in [5.41, 5.74) is 5.27. The molecule has 10 nitrogen and oxygen atoms in total. The lowest BCUT2D eigenvalue weighted by Crippen LogP contribution is -2.42. The number of nitrogens with one attached hydrogen (secondary N) is 2. The molecule has 0 atom stereocenters. The number of H-pyrrole nitrogens is 2. The number of nitrogens with two attached hydrogens (primary N) is 1. The molecule has 0 aliphatic rings. The number of carbonyl (C=O) groups is 1. The molecule has 2 aromatic rings. The number of aromatic nitrogens is 4. The Kier molecular flexibility index (Phi) is 9.30. The second-order valence-electron chi connectivity index (χ2n) is 7.98. The summed E-state index contributed by atoms with van der Waals surface area (Å²) in [5.74, 6) is -0.329. The number of nitrogen functional groups attached to an aromatic ring is 1. The number of hydrogen-bond donors (Lipinski definition) is 3. The van der Waals surface area contributed by atoms with Crippen molar-refractivity contribution in [2.24, 2.45) is 5.92 Å². The van der Waals surface area contributed by atoms with Crippen LogP contribution >= 0.6 is 11.8 Å². The molecule has 0 spiro atoms. The van der Waals surface area contributed by atoms with Crippen molar-refractivity contribution in [3.63, 3.8) is 0 Å². The third kappa shape index (κ3) is 6.59. The summed E-state index contributed by atoms with van der Waals surface area (Å²) in [6.07, 6.45) is 2.96. The summed E-state index contributed by atoms with van der Waals surface area (Å²) in [6, 6.07) is 1.45. The molecule has 1 amide bonds. The minimum absolute atomic E-state index is 0.0227. The van der Waals surface area contributed by atoms with Gasteiger partial charge in [0.05, 0.1) is 5.75 Å². The lowest BCUT2D eigenvalue weighted by Gasteiger charge is -2.24. The predicted octanol–water partition coefficient (Wildman–Crippen LogP) is 1.74. The Morgan fingerprint density at radius 1 is 1.22 bits per heavy atom. The van der Waals surface area contributed by atoms with Crippen molar-refractivity contribution in [3.8, 4) is 0 Å². The van der Waals surface area contributed by atoms with Gasteiger partial charge >= 0.3 is 5.69 Å². The topological polar surface area (TPSA) is 147 Å². The zero-order chi connectivity index (χ0) is 23.8. The molecular formula is C21H32N6O4S. The predicted molar refractivity (Wildman–Crippen MR) is 127 cm³/mol. The number of nitrogens with zero attached hydrogens (tertiary/aromatic N) is 3. The van der Waals surface area contributed by atoms with Crippen molar-refractivity contribution < 1.29 is 4.79 Å². The highest BCUT2D eigenvalue weighted by atomic mass is 32.2. The molecule has 0 aromatic carbocycles. The van der Waals surface area contributed by atoms with Gasteiger partial charge in [-0.2, -0.15) is 0 Å². The molecule has 0 radical (unpaired) electrons. The largest absolute Gasteiger partial charge is 0.383 e. The van der Waals surface area contributed by atoms with Crippen LogP contribution in [0.5, 0.6) is 0 Å². The molecule has 0 unspecified atom stereocenters. The van der Waals surface area contributed by atoms with E-state index in [0.717, 1.165) is 24.6 Å². The fraction of sp³-hybridized carbons (Fsp3) is 0.571. The zero-order valence-corrected chi connectivity index (χ0v) is 19.9. The van der Waals surface area contributed by atoms with E-state index in [2.05, 4.69) is 15.0 Å². The van der Waals surface area contributed by atoms with Gasteiger partial charge in [0.25, 0.3) is 11.1 Å². The van der Waals surface area contributed by atoms with Crippen molar-refractivity contribution in [2.45, 2.75) is 65.1 Å². The first-order valence-corrected chi connectivity index (χ1v) is 11.8. The lowest BCUT2D eigenvalue weighted by molar-refractivity contribution is -0.116. The van der Waals surface area contributed by atoms with E-state index in [1.54, 1.807) is 0 Å². The van der Waals surface area contributed by atoms with Gasteiger partial charge in [-0.05, 0) is 18.8 Å². The first-order valence-electron chi connectivity index (χ1n) is 10.8. The highest BCUT2D eigenvalue weighted by Crippen LogP contribution is 2.21. The van der Waals surface area contributed by atoms with Crippen LogP contribution in [0.4, 0.5) is 11.5 Å². The minimum atomic E-state index is -0.696. The van der Waals surface area contributed by atoms with Gasteiger partial charge in [-0.25, -0.2) is 9.78 Å². The number of carbonyl (C=O) groups excluding carboxylic acids is 1. The van der Waals surface area contributed by atoms with Crippen LogP contribution in [0.1, 0.15) is 52.7 Å². The van der Waals surface area contributed by atoms with Crippen LogP contribution in [-0.2, 0) is 17.8 Å². The van der Waals surface area contributed by atoms with Crippen LogP contribution in [0.15, 0.2) is 25.6 Å². The molecule has 0 saturated carbocycles. The Morgan fingerprint density at radius 2 is 1.94 bits per heavy atom. The first kappa shape index (κ1) is 25.4. The van der Waals surface area contributed by atoms with E-state index in [0.29, 0.717) is 30.2 Å². The lowest BCUT2D eigenvalue weighted by atomic mass is 10.2. The molecule has 2 rings (SSSR count). The quantitative estimate of drug-likeness (QED) is 0.339. The fourth-order valence-electron chi connectivity index (χ4n) is 3.21. The Hall–Kier alpha value is -2.82. The maximum absolute atomic E-state index is 13.1. The molecule has 0 saturated heterocycles. The summed E-state index contributed by atoms with van der Waals surface area (Å²) in [7, 11) is 0. The summed E-state index contributed by atoms with van der Waals surface area (Å²) >= 11 is 1.09. The molecular weight excluding hydrogens is 432 g/mol. The number of unbranched alkanes of at least 4 members (excludes halogenated alkanes) is 1. The van der Waals surface area contributed by atoms with E-state index in [1.165, 1.54) is 15.5 Å². The van der Waals surface area contributed by atoms with Crippen LogP contribution < -0.4 is 27.4 Å². The number of thioether (sulfide) groups is 1. The minimum Gasteiger partial charge on any atom is -0.383 e. The number of anilines is 2. The van der Waals surface area contributed by atoms with Gasteiger partial charge in [-0.15, -0.1) is 0 Å². The molecule has 4 N–H and O–H groups in total. The molecule has 0 bridgehead atoms. The van der Waals surface area contributed by atoms with Crippen molar-refractivity contribution in [1.29, 1.82) is 0 Å². The van der Waals surface area contributed by atoms with E-state index in [-0.39, 0.29) is 41.2 Å². The molecule has 32 heavy (non-hydrogen) atoms. The van der Waals surface area contributed by atoms with Gasteiger partial charge in [-0.1, -0.05) is 52.3 Å². The Labute approximate surface area is 190 Å². The molecule has 0 aliphatic carbocycles. The average molecular weight is 465 g/mol. The van der Waals surface area contributed by atoms with Crippen LogP contribution in [0, 0.1) is 5.92 Å². The zero-order valence-electron chi connectivity index (χ0n) is 19.1. The van der Waals surface area contributed by atoms with Gasteiger partial charge in [0, 0.05) is 24.8 Å². The maximum Gasteiger partial charge on any atom is 0.330 e. The summed E-state index contributed by atoms with van der Waals surface area (Å²) in [5, 5.41) is 0.344. The van der Waals surface area contributed by atoms with Crippen molar-refractivity contribution >= 4 is 29.2 Å². The van der Waals surface area contributed by atoms with Crippen LogP contribution in [-0.4, -0.2) is 37.7 Å². The van der Waals surface area contributed by atoms with Crippen molar-refractivity contribution in [2.75, 3.05) is 22.9 Å². The van der Waals surface area contributed by atoms with E-state index in [1.807, 2.05) is 27.7 Å². The normalized spacial score (nSPS) is 11.2. The van der Waals surface area contributed by atoms with Gasteiger partial charge in [-0.3, -0.25) is 23.9 Å². The van der Waals surface area contributed by atoms with Crippen molar-refractivity contribution in [3.05, 3.63) is 43.0 Å². The molecule has 2 aromatic heterocycles. The smallest absolute Gasteiger partial charge is 0.330 e. The number of aryl methyl sites for hydroxylation is 1. The van der Waals surface area contributed by atoms with Gasteiger partial charge in [0.15, 0.2) is 10.8 Å².